The van der Waals surface area contributed by atoms with Crippen LogP contribution in [0.25, 0.3) is 21.2 Å². The van der Waals surface area contributed by atoms with E-state index in [0.717, 1.165) is 21.2 Å². The minimum Gasteiger partial charge on any atom is -0.481 e. The Kier molecular flexibility index (Phi) is 5.61. The molecule has 0 bridgehead atoms. The molecule has 1 atom stereocenters. The van der Waals surface area contributed by atoms with Gasteiger partial charge >= 0.3 is 11.9 Å². The summed E-state index contributed by atoms with van der Waals surface area (Å²) < 4.78 is 29.4. The van der Waals surface area contributed by atoms with Crippen LogP contribution in [-0.2, 0) is 24.1 Å². The van der Waals surface area contributed by atoms with Gasteiger partial charge in [0.2, 0.25) is 0 Å². The molecule has 162 valence electrons. The van der Waals surface area contributed by atoms with Gasteiger partial charge in [0.1, 0.15) is 4.75 Å². The Balaban J connectivity index is 1.74. The summed E-state index contributed by atoms with van der Waals surface area (Å²) in [4.78, 5) is 24.8. The van der Waals surface area contributed by atoms with E-state index < -0.39 is 32.9 Å². The Hall–Kier alpha value is -2.71. The topological polar surface area (TPSA) is 97.7 Å². The lowest BCUT2D eigenvalue weighted by molar-refractivity contribution is -0.137. The Labute approximate surface area is 184 Å². The van der Waals surface area contributed by atoms with E-state index >= 15 is 0 Å². The lowest BCUT2D eigenvalue weighted by Gasteiger charge is -2.34. The van der Waals surface area contributed by atoms with Crippen molar-refractivity contribution in [3.8, 4) is 10.4 Å². The Morgan fingerprint density at radius 1 is 1.06 bits per heavy atom. The van der Waals surface area contributed by atoms with E-state index in [4.69, 9.17) is 4.74 Å². The second-order valence-corrected chi connectivity index (χ2v) is 11.3. The monoisotopic (exact) mass is 458 g/mol. The van der Waals surface area contributed by atoms with Crippen LogP contribution >= 0.6 is 11.3 Å². The molecule has 8 heteroatoms. The molecule has 4 rings (SSSR count). The van der Waals surface area contributed by atoms with Crippen molar-refractivity contribution in [2.45, 2.75) is 30.4 Å². The predicted octanol–water partition coefficient (Wildman–Crippen LogP) is 4.62. The highest BCUT2D eigenvalue weighted by molar-refractivity contribution is 7.92. The third-order valence-corrected chi connectivity index (χ3v) is 9.93. The summed E-state index contributed by atoms with van der Waals surface area (Å²) in [7, 11) is -2.23. The van der Waals surface area contributed by atoms with E-state index in [0.29, 0.717) is 29.7 Å². The summed E-state index contributed by atoms with van der Waals surface area (Å²) >= 11 is 1.34. The maximum Gasteiger partial charge on any atom is 0.337 e. The van der Waals surface area contributed by atoms with Gasteiger partial charge in [-0.2, -0.15) is 0 Å². The number of thiophene rings is 1. The number of carbonyl (C=O) groups is 2. The molecule has 0 radical (unpaired) electrons. The normalized spacial score (nSPS) is 20.4. The van der Waals surface area contributed by atoms with Crippen LogP contribution in [0.4, 0.5) is 0 Å². The van der Waals surface area contributed by atoms with Gasteiger partial charge < -0.3 is 9.84 Å². The standard InChI is InChI=1S/C23H22O6S2/c1-29-22(26)18-7-5-15-12-17(6-4-16(15)13-18)19-8-9-20(30-19)23(14-21(24)25)10-2-3-11-31(23,27)28/h4-9,12-13H,2-3,10-11,14H2,1H3,(H,24,25). The van der Waals surface area contributed by atoms with Crippen molar-refractivity contribution in [2.24, 2.45) is 0 Å². The zero-order chi connectivity index (χ0) is 22.2. The van der Waals surface area contributed by atoms with Crippen LogP contribution in [0, 0.1) is 0 Å². The minimum absolute atomic E-state index is 0.0199. The van der Waals surface area contributed by atoms with E-state index in [1.165, 1.54) is 18.4 Å². The van der Waals surface area contributed by atoms with Crippen LogP contribution in [0.1, 0.15) is 40.9 Å². The number of hydrogen-bond donors (Lipinski definition) is 1. The van der Waals surface area contributed by atoms with Crippen LogP contribution < -0.4 is 0 Å². The summed E-state index contributed by atoms with van der Waals surface area (Å²) in [5.41, 5.74) is 1.38. The van der Waals surface area contributed by atoms with Crippen molar-refractivity contribution in [1.29, 1.82) is 0 Å². The van der Waals surface area contributed by atoms with Gasteiger partial charge in [-0.15, -0.1) is 11.3 Å². The smallest absolute Gasteiger partial charge is 0.337 e. The number of ether oxygens (including phenoxy) is 1. The van der Waals surface area contributed by atoms with Crippen LogP contribution in [0.3, 0.4) is 0 Å². The number of carboxylic acid groups (broad SMARTS) is 1. The molecule has 0 saturated carbocycles. The molecule has 1 N–H and O–H groups in total. The Bertz CT molecular complexity index is 1270. The largest absolute Gasteiger partial charge is 0.481 e. The van der Waals surface area contributed by atoms with E-state index in [1.807, 2.05) is 30.3 Å². The first kappa shape index (κ1) is 21.5. The second kappa shape index (κ2) is 8.09. The molecule has 3 aromatic rings. The number of carbonyl (C=O) groups excluding carboxylic acids is 1. The number of aliphatic carboxylic acids is 1. The molecule has 1 aliphatic rings. The molecule has 1 saturated heterocycles. The fourth-order valence-corrected chi connectivity index (χ4v) is 8.01. The number of carboxylic acids is 1. The molecular weight excluding hydrogens is 436 g/mol. The predicted molar refractivity (Wildman–Crippen MR) is 120 cm³/mol. The molecule has 1 fully saturated rings. The fourth-order valence-electron chi connectivity index (χ4n) is 4.24. The zero-order valence-electron chi connectivity index (χ0n) is 17.0. The van der Waals surface area contributed by atoms with Crippen molar-refractivity contribution in [3.63, 3.8) is 0 Å². The van der Waals surface area contributed by atoms with Gasteiger partial charge in [0.15, 0.2) is 9.84 Å². The number of hydrogen-bond acceptors (Lipinski definition) is 6. The minimum atomic E-state index is -3.57. The van der Waals surface area contributed by atoms with E-state index in [1.54, 1.807) is 18.2 Å². The van der Waals surface area contributed by atoms with Crippen LogP contribution in [0.5, 0.6) is 0 Å². The van der Waals surface area contributed by atoms with Crippen molar-refractivity contribution in [2.75, 3.05) is 12.9 Å². The van der Waals surface area contributed by atoms with Gasteiger partial charge in [-0.3, -0.25) is 4.79 Å². The first-order valence-electron chi connectivity index (χ1n) is 9.93. The first-order chi connectivity index (χ1) is 14.8. The summed E-state index contributed by atoms with van der Waals surface area (Å²) in [5, 5.41) is 11.3. The lowest BCUT2D eigenvalue weighted by Crippen LogP contribution is -2.41. The third kappa shape index (κ3) is 3.85. The fraction of sp³-hybridized carbons (Fsp3) is 0.304. The van der Waals surface area contributed by atoms with Gasteiger partial charge in [-0.05, 0) is 59.5 Å². The molecule has 6 nitrogen and oxygen atoms in total. The molecular formula is C23H22O6S2. The van der Waals surface area contributed by atoms with Crippen molar-refractivity contribution in [1.82, 2.24) is 0 Å². The van der Waals surface area contributed by atoms with E-state index in [-0.39, 0.29) is 5.75 Å². The molecule has 1 unspecified atom stereocenters. The van der Waals surface area contributed by atoms with Crippen molar-refractivity contribution >= 4 is 43.9 Å². The molecule has 31 heavy (non-hydrogen) atoms. The summed E-state index contributed by atoms with van der Waals surface area (Å²) in [6.07, 6.45) is 1.18. The molecule has 2 heterocycles. The zero-order valence-corrected chi connectivity index (χ0v) is 18.6. The van der Waals surface area contributed by atoms with E-state index in [9.17, 15) is 23.1 Å². The lowest BCUT2D eigenvalue weighted by atomic mass is 9.95. The number of sulfone groups is 1. The van der Waals surface area contributed by atoms with Gasteiger partial charge in [0.25, 0.3) is 0 Å². The molecule has 0 spiro atoms. The maximum absolute atomic E-state index is 13.0. The first-order valence-corrected chi connectivity index (χ1v) is 12.4. The highest BCUT2D eigenvalue weighted by Gasteiger charge is 2.49. The summed E-state index contributed by atoms with van der Waals surface area (Å²) in [6, 6.07) is 14.7. The van der Waals surface area contributed by atoms with Crippen LogP contribution in [0.2, 0.25) is 0 Å². The van der Waals surface area contributed by atoms with E-state index in [2.05, 4.69) is 0 Å². The maximum atomic E-state index is 13.0. The third-order valence-electron chi connectivity index (χ3n) is 5.88. The Morgan fingerprint density at radius 3 is 2.52 bits per heavy atom. The van der Waals surface area contributed by atoms with Crippen LogP contribution in [-0.4, -0.2) is 38.3 Å². The van der Waals surface area contributed by atoms with Gasteiger partial charge in [0.05, 0.1) is 24.8 Å². The quantitative estimate of drug-likeness (QED) is 0.560. The van der Waals surface area contributed by atoms with Gasteiger partial charge in [-0.25, -0.2) is 13.2 Å². The average molecular weight is 459 g/mol. The van der Waals surface area contributed by atoms with Crippen molar-refractivity contribution in [3.05, 3.63) is 59.0 Å². The number of fused-ring (bicyclic) bond motifs is 1. The second-order valence-electron chi connectivity index (χ2n) is 7.77. The summed E-state index contributed by atoms with van der Waals surface area (Å²) in [5.74, 6) is -1.48. The molecule has 1 aliphatic heterocycles. The number of methoxy groups -OCH3 is 1. The summed E-state index contributed by atoms with van der Waals surface area (Å²) in [6.45, 7) is 0. The number of benzene rings is 2. The van der Waals surface area contributed by atoms with Crippen molar-refractivity contribution < 1.29 is 27.9 Å². The molecule has 1 aromatic heterocycles. The number of rotatable bonds is 5. The average Bonchev–Trinajstić information content (AvgIpc) is 3.24. The van der Waals surface area contributed by atoms with Gasteiger partial charge in [-0.1, -0.05) is 24.6 Å². The molecule has 0 amide bonds. The molecule has 0 aliphatic carbocycles. The van der Waals surface area contributed by atoms with Gasteiger partial charge in [0, 0.05) is 9.75 Å². The SMILES string of the molecule is COC(=O)c1ccc2cc(-c3ccc(C4(CC(=O)O)CCCCS4(=O)=O)s3)ccc2c1. The molecule has 2 aromatic carbocycles. The highest BCUT2D eigenvalue weighted by Crippen LogP contribution is 2.47. The Morgan fingerprint density at radius 2 is 1.81 bits per heavy atom. The number of esters is 1. The van der Waals surface area contributed by atoms with Crippen LogP contribution in [0.15, 0.2) is 48.5 Å². The highest BCUT2D eigenvalue weighted by atomic mass is 32.2.